The van der Waals surface area contributed by atoms with Crippen LogP contribution in [0.1, 0.15) is 16.5 Å². The van der Waals surface area contributed by atoms with E-state index in [9.17, 15) is 4.39 Å². The molecule has 22 heavy (non-hydrogen) atoms. The average Bonchev–Trinajstić information content (AvgIpc) is 2.89. The van der Waals surface area contributed by atoms with Gasteiger partial charge in [-0.1, -0.05) is 29.3 Å². The van der Waals surface area contributed by atoms with Crippen LogP contribution >= 0.6 is 46.9 Å². The number of hydrogen-bond acceptors (Lipinski definition) is 3. The fraction of sp³-hybridized carbons (Fsp3) is 0.333. The minimum atomic E-state index is -0.313. The predicted molar refractivity (Wildman–Crippen MR) is 94.3 cm³/mol. The van der Waals surface area contributed by atoms with E-state index in [0.717, 1.165) is 41.0 Å². The topological polar surface area (TPSA) is 15.3 Å². The van der Waals surface area contributed by atoms with Crippen LogP contribution in [0.25, 0.3) is 0 Å². The molecule has 7 heteroatoms. The Balaban J connectivity index is 0.00000176. The molecule has 2 nitrogen and oxygen atoms in total. The highest BCUT2D eigenvalue weighted by Crippen LogP contribution is 2.38. The third-order valence-electron chi connectivity index (χ3n) is 3.64. The fourth-order valence-corrected chi connectivity index (χ4v) is 4.15. The Bertz CT molecular complexity index is 629. The minimum Gasteiger partial charge on any atom is -0.314 e. The summed E-state index contributed by atoms with van der Waals surface area (Å²) in [6.07, 6.45) is 0. The second kappa shape index (κ2) is 7.95. The van der Waals surface area contributed by atoms with Gasteiger partial charge in [0.15, 0.2) is 0 Å². The Kier molecular flexibility index (Phi) is 6.50. The van der Waals surface area contributed by atoms with Crippen LogP contribution in [0.15, 0.2) is 30.3 Å². The molecule has 1 atom stereocenters. The van der Waals surface area contributed by atoms with Crippen molar-refractivity contribution >= 4 is 46.9 Å². The van der Waals surface area contributed by atoms with E-state index in [4.69, 9.17) is 23.2 Å². The number of nitrogens with zero attached hydrogens (tertiary/aromatic N) is 1. The Hall–Kier alpha value is -0.360. The Morgan fingerprint density at radius 2 is 1.86 bits per heavy atom. The quantitative estimate of drug-likeness (QED) is 0.835. The van der Waals surface area contributed by atoms with Gasteiger partial charge in [0, 0.05) is 36.1 Å². The number of nitrogens with one attached hydrogen (secondary N) is 1. The third kappa shape index (κ3) is 3.94. The highest BCUT2D eigenvalue weighted by Gasteiger charge is 2.27. The lowest BCUT2D eigenvalue weighted by molar-refractivity contribution is 0.200. The van der Waals surface area contributed by atoms with Gasteiger partial charge in [0.1, 0.15) is 5.82 Å². The maximum atomic E-state index is 13.3. The van der Waals surface area contributed by atoms with Gasteiger partial charge in [0.25, 0.3) is 0 Å². The zero-order valence-corrected chi connectivity index (χ0v) is 14.8. The molecule has 2 heterocycles. The summed E-state index contributed by atoms with van der Waals surface area (Å²) < 4.78 is 14.1. The van der Waals surface area contributed by atoms with Crippen LogP contribution in [-0.4, -0.2) is 31.1 Å². The van der Waals surface area contributed by atoms with E-state index in [-0.39, 0.29) is 24.3 Å². The maximum absolute atomic E-state index is 13.3. The van der Waals surface area contributed by atoms with Crippen molar-refractivity contribution in [3.05, 3.63) is 55.9 Å². The highest BCUT2D eigenvalue weighted by atomic mass is 35.5. The van der Waals surface area contributed by atoms with Crippen molar-refractivity contribution in [2.24, 2.45) is 0 Å². The van der Waals surface area contributed by atoms with Gasteiger partial charge in [-0.05, 0) is 29.8 Å². The van der Waals surface area contributed by atoms with Gasteiger partial charge in [-0.15, -0.1) is 23.7 Å². The third-order valence-corrected chi connectivity index (χ3v) is 5.25. The average molecular weight is 382 g/mol. The number of piperazine rings is 1. The predicted octanol–water partition coefficient (Wildman–Crippen LogP) is 4.61. The van der Waals surface area contributed by atoms with Crippen molar-refractivity contribution in [1.29, 1.82) is 0 Å². The first kappa shape index (κ1) is 18.0. The smallest absolute Gasteiger partial charge is 0.124 e. The van der Waals surface area contributed by atoms with E-state index in [1.807, 2.05) is 12.1 Å². The summed E-state index contributed by atoms with van der Waals surface area (Å²) >= 11 is 13.9. The normalized spacial score (nSPS) is 17.0. The maximum Gasteiger partial charge on any atom is 0.124 e. The molecule has 1 aliphatic heterocycles. The second-order valence-corrected chi connectivity index (χ2v) is 7.15. The lowest BCUT2D eigenvalue weighted by Gasteiger charge is -2.35. The summed E-state index contributed by atoms with van der Waals surface area (Å²) in [5, 5.41) is 3.81. The first-order valence-electron chi connectivity index (χ1n) is 6.80. The molecule has 1 aliphatic rings. The number of halogens is 4. The molecule has 1 saturated heterocycles. The molecule has 1 aromatic heterocycles. The van der Waals surface area contributed by atoms with Gasteiger partial charge in [-0.2, -0.15) is 0 Å². The van der Waals surface area contributed by atoms with Crippen molar-refractivity contribution in [3.63, 3.8) is 0 Å². The fourth-order valence-electron chi connectivity index (χ4n) is 2.67. The van der Waals surface area contributed by atoms with Crippen molar-refractivity contribution in [2.75, 3.05) is 26.2 Å². The Labute approximate surface area is 149 Å². The summed E-state index contributed by atoms with van der Waals surface area (Å²) in [5.74, 6) is -0.313. The molecule has 0 amide bonds. The number of thiophene rings is 1. The van der Waals surface area contributed by atoms with Crippen LogP contribution in [0.3, 0.4) is 0 Å². The van der Waals surface area contributed by atoms with Gasteiger partial charge in [0.05, 0.1) is 10.4 Å². The molecule has 0 radical (unpaired) electrons. The molecular weight excluding hydrogens is 366 g/mol. The van der Waals surface area contributed by atoms with E-state index in [0.29, 0.717) is 5.02 Å². The van der Waals surface area contributed by atoms with Crippen molar-refractivity contribution in [2.45, 2.75) is 6.04 Å². The second-order valence-electron chi connectivity index (χ2n) is 5.00. The van der Waals surface area contributed by atoms with Crippen LogP contribution in [-0.2, 0) is 0 Å². The SMILES string of the molecule is Cl.Fc1ccc([C@H](c2ccc(Cl)s2)N2CCNCC2)c(Cl)c1. The summed E-state index contributed by atoms with van der Waals surface area (Å²) in [7, 11) is 0. The molecule has 3 rings (SSSR count). The van der Waals surface area contributed by atoms with E-state index in [2.05, 4.69) is 10.2 Å². The summed E-state index contributed by atoms with van der Waals surface area (Å²) in [6.45, 7) is 3.73. The molecule has 1 aromatic carbocycles. The lowest BCUT2D eigenvalue weighted by atomic mass is 10.0. The van der Waals surface area contributed by atoms with Gasteiger partial charge in [-0.25, -0.2) is 4.39 Å². The Morgan fingerprint density at radius 1 is 1.14 bits per heavy atom. The summed E-state index contributed by atoms with van der Waals surface area (Å²) in [4.78, 5) is 3.49. The minimum absolute atomic E-state index is 0. The van der Waals surface area contributed by atoms with Crippen molar-refractivity contribution in [3.8, 4) is 0 Å². The molecule has 0 aliphatic carbocycles. The molecule has 0 bridgehead atoms. The highest BCUT2D eigenvalue weighted by molar-refractivity contribution is 7.16. The summed E-state index contributed by atoms with van der Waals surface area (Å²) in [5.41, 5.74) is 0.929. The zero-order valence-electron chi connectivity index (χ0n) is 11.7. The molecule has 0 unspecified atom stereocenters. The number of hydrogen-bond donors (Lipinski definition) is 1. The molecule has 0 saturated carbocycles. The lowest BCUT2D eigenvalue weighted by Crippen LogP contribution is -2.45. The van der Waals surface area contributed by atoms with Gasteiger partial charge in [0.2, 0.25) is 0 Å². The molecule has 1 fully saturated rings. The molecular formula is C15H16Cl3FN2S. The van der Waals surface area contributed by atoms with Crippen LogP contribution in [0.5, 0.6) is 0 Å². The molecule has 0 spiro atoms. The van der Waals surface area contributed by atoms with Crippen LogP contribution in [0.2, 0.25) is 9.36 Å². The zero-order chi connectivity index (χ0) is 14.8. The summed E-state index contributed by atoms with van der Waals surface area (Å²) in [6, 6.07) is 8.57. The molecule has 2 aromatic rings. The Morgan fingerprint density at radius 3 is 2.45 bits per heavy atom. The number of benzene rings is 1. The van der Waals surface area contributed by atoms with Crippen LogP contribution < -0.4 is 5.32 Å². The van der Waals surface area contributed by atoms with Crippen LogP contribution in [0.4, 0.5) is 4.39 Å². The largest absolute Gasteiger partial charge is 0.314 e. The van der Waals surface area contributed by atoms with E-state index < -0.39 is 0 Å². The van der Waals surface area contributed by atoms with Crippen molar-refractivity contribution in [1.82, 2.24) is 10.2 Å². The van der Waals surface area contributed by atoms with Gasteiger partial charge >= 0.3 is 0 Å². The van der Waals surface area contributed by atoms with E-state index >= 15 is 0 Å². The monoisotopic (exact) mass is 380 g/mol. The van der Waals surface area contributed by atoms with Crippen molar-refractivity contribution < 1.29 is 4.39 Å². The van der Waals surface area contributed by atoms with Gasteiger partial charge < -0.3 is 5.32 Å². The molecule has 120 valence electrons. The van der Waals surface area contributed by atoms with Gasteiger partial charge in [-0.3, -0.25) is 4.90 Å². The first-order chi connectivity index (χ1) is 10.1. The molecule has 1 N–H and O–H groups in total. The van der Waals surface area contributed by atoms with E-state index in [1.54, 1.807) is 17.4 Å². The standard InChI is InChI=1S/C15H15Cl2FN2S.ClH/c16-12-9-10(18)1-2-11(12)15(13-3-4-14(17)21-13)20-7-5-19-6-8-20;/h1-4,9,15,19H,5-8H2;1H/t15-;/m1./s1. The van der Waals surface area contributed by atoms with Crippen LogP contribution in [0, 0.1) is 5.82 Å². The first-order valence-corrected chi connectivity index (χ1v) is 8.37. The van der Waals surface area contributed by atoms with E-state index in [1.165, 1.54) is 12.1 Å². The number of rotatable bonds is 3.